The lowest BCUT2D eigenvalue weighted by atomic mass is 9.74. The van der Waals surface area contributed by atoms with Gasteiger partial charge in [0.25, 0.3) is 0 Å². The third kappa shape index (κ3) is 3.29. The summed E-state index contributed by atoms with van der Waals surface area (Å²) in [4.78, 5) is 0. The van der Waals surface area contributed by atoms with E-state index in [-0.39, 0.29) is 37.7 Å². The molecule has 1 aliphatic carbocycles. The van der Waals surface area contributed by atoms with Gasteiger partial charge in [0, 0.05) is 11.1 Å². The van der Waals surface area contributed by atoms with Gasteiger partial charge in [0.05, 0.1) is 5.92 Å². The minimum Gasteiger partial charge on any atom is -0.325 e. The van der Waals surface area contributed by atoms with Crippen LogP contribution in [-0.2, 0) is 6.42 Å². The molecule has 0 atom stereocenters. The van der Waals surface area contributed by atoms with Gasteiger partial charge in [0.2, 0.25) is 0 Å². The molecule has 0 radical (unpaired) electrons. The van der Waals surface area contributed by atoms with Gasteiger partial charge in [-0.2, -0.15) is 13.2 Å². The molecule has 0 saturated heterocycles. The van der Waals surface area contributed by atoms with E-state index in [2.05, 4.69) is 0 Å². The fourth-order valence-electron chi connectivity index (χ4n) is 2.75. The van der Waals surface area contributed by atoms with Gasteiger partial charge in [-0.1, -0.05) is 6.07 Å². The molecular formula is C14H16F5N. The molecule has 20 heavy (non-hydrogen) atoms. The van der Waals surface area contributed by atoms with Gasteiger partial charge in [-0.25, -0.2) is 8.78 Å². The largest absolute Gasteiger partial charge is 0.391 e. The summed E-state index contributed by atoms with van der Waals surface area (Å²) in [5.41, 5.74) is 4.93. The molecule has 1 nitrogen and oxygen atoms in total. The second kappa shape index (κ2) is 5.31. The molecule has 1 aliphatic rings. The highest BCUT2D eigenvalue weighted by molar-refractivity contribution is 5.22. The van der Waals surface area contributed by atoms with E-state index in [4.69, 9.17) is 5.73 Å². The molecule has 2 N–H and O–H groups in total. The first-order valence-corrected chi connectivity index (χ1v) is 6.50. The predicted octanol–water partition coefficient (Wildman–Crippen LogP) is 3.96. The van der Waals surface area contributed by atoms with Gasteiger partial charge in [-0.3, -0.25) is 0 Å². The highest BCUT2D eigenvalue weighted by atomic mass is 19.4. The van der Waals surface area contributed by atoms with Crippen LogP contribution in [0.2, 0.25) is 0 Å². The first kappa shape index (κ1) is 15.2. The zero-order valence-electron chi connectivity index (χ0n) is 10.8. The van der Waals surface area contributed by atoms with E-state index >= 15 is 0 Å². The van der Waals surface area contributed by atoms with Gasteiger partial charge < -0.3 is 5.73 Å². The Morgan fingerprint density at radius 1 is 1.10 bits per heavy atom. The van der Waals surface area contributed by atoms with Crippen molar-refractivity contribution >= 4 is 0 Å². The lowest BCUT2D eigenvalue weighted by molar-refractivity contribution is -0.184. The first-order valence-electron chi connectivity index (χ1n) is 6.50. The van der Waals surface area contributed by atoms with Crippen molar-refractivity contribution in [3.63, 3.8) is 0 Å². The van der Waals surface area contributed by atoms with Crippen LogP contribution in [0.3, 0.4) is 0 Å². The number of hydrogen-bond donors (Lipinski definition) is 1. The molecule has 0 aliphatic heterocycles. The highest BCUT2D eigenvalue weighted by Crippen LogP contribution is 2.41. The molecule has 0 aromatic heterocycles. The SMILES string of the molecule is NC1(Cc2c(F)cccc2F)CCC(C(F)(F)F)CC1. The van der Waals surface area contributed by atoms with Crippen LogP contribution in [0.25, 0.3) is 0 Å². The maximum absolute atomic E-state index is 13.6. The van der Waals surface area contributed by atoms with E-state index in [1.807, 2.05) is 0 Å². The van der Waals surface area contributed by atoms with Gasteiger partial charge in [-0.15, -0.1) is 0 Å². The lowest BCUT2D eigenvalue weighted by Gasteiger charge is -2.38. The Kier molecular flexibility index (Phi) is 4.04. The Morgan fingerprint density at radius 3 is 2.05 bits per heavy atom. The van der Waals surface area contributed by atoms with Crippen LogP contribution in [0.5, 0.6) is 0 Å². The maximum atomic E-state index is 13.6. The lowest BCUT2D eigenvalue weighted by Crippen LogP contribution is -2.47. The Labute approximate surface area is 114 Å². The van der Waals surface area contributed by atoms with E-state index in [9.17, 15) is 22.0 Å². The number of rotatable bonds is 2. The Balaban J connectivity index is 2.08. The molecule has 0 bridgehead atoms. The molecular weight excluding hydrogens is 277 g/mol. The number of benzene rings is 1. The van der Waals surface area contributed by atoms with Crippen LogP contribution in [0.15, 0.2) is 18.2 Å². The van der Waals surface area contributed by atoms with Crippen LogP contribution in [0.4, 0.5) is 22.0 Å². The second-order valence-corrected chi connectivity index (χ2v) is 5.56. The van der Waals surface area contributed by atoms with Crippen molar-refractivity contribution < 1.29 is 22.0 Å². The molecule has 0 heterocycles. The van der Waals surface area contributed by atoms with Crippen molar-refractivity contribution in [2.24, 2.45) is 11.7 Å². The normalized spacial score (nSPS) is 27.6. The van der Waals surface area contributed by atoms with Crippen molar-refractivity contribution in [1.29, 1.82) is 0 Å². The average Bonchev–Trinajstić information content (AvgIpc) is 2.33. The molecule has 0 unspecified atom stereocenters. The molecule has 6 heteroatoms. The third-order valence-electron chi connectivity index (χ3n) is 4.03. The van der Waals surface area contributed by atoms with Gasteiger partial charge in [0.1, 0.15) is 11.6 Å². The van der Waals surface area contributed by atoms with Crippen molar-refractivity contribution in [3.05, 3.63) is 35.4 Å². The summed E-state index contributed by atoms with van der Waals surface area (Å²) in [6.45, 7) is 0. The number of halogens is 5. The Morgan fingerprint density at radius 2 is 1.60 bits per heavy atom. The van der Waals surface area contributed by atoms with E-state index < -0.39 is 29.3 Å². The topological polar surface area (TPSA) is 26.0 Å². The smallest absolute Gasteiger partial charge is 0.325 e. The zero-order valence-corrected chi connectivity index (χ0v) is 10.8. The minimum atomic E-state index is -4.22. The van der Waals surface area contributed by atoms with E-state index in [1.54, 1.807) is 0 Å². The van der Waals surface area contributed by atoms with E-state index in [0.29, 0.717) is 0 Å². The number of alkyl halides is 3. The molecule has 1 fully saturated rings. The summed E-state index contributed by atoms with van der Waals surface area (Å²) in [5.74, 6) is -2.76. The Bertz CT molecular complexity index is 455. The standard InChI is InChI=1S/C14H16F5N/c15-11-2-1-3-12(16)10(11)8-13(20)6-4-9(5-7-13)14(17,18)19/h1-3,9H,4-8,20H2. The van der Waals surface area contributed by atoms with Crippen molar-refractivity contribution in [3.8, 4) is 0 Å². The van der Waals surface area contributed by atoms with Crippen LogP contribution in [0, 0.1) is 17.6 Å². The molecule has 1 aromatic rings. The summed E-state index contributed by atoms with van der Waals surface area (Å²) < 4.78 is 64.9. The summed E-state index contributed by atoms with van der Waals surface area (Å²) in [6, 6.07) is 3.50. The monoisotopic (exact) mass is 293 g/mol. The molecule has 112 valence electrons. The quantitative estimate of drug-likeness (QED) is 0.821. The summed E-state index contributed by atoms with van der Waals surface area (Å²) in [5, 5.41) is 0. The Hall–Kier alpha value is -1.17. The average molecular weight is 293 g/mol. The zero-order chi connectivity index (χ0) is 15.0. The fraction of sp³-hybridized carbons (Fsp3) is 0.571. The summed E-state index contributed by atoms with van der Waals surface area (Å²) >= 11 is 0. The minimum absolute atomic E-state index is 0.0733. The third-order valence-corrected chi connectivity index (χ3v) is 4.03. The van der Waals surface area contributed by atoms with Crippen molar-refractivity contribution in [1.82, 2.24) is 0 Å². The highest BCUT2D eigenvalue weighted by Gasteiger charge is 2.44. The van der Waals surface area contributed by atoms with Crippen LogP contribution in [0.1, 0.15) is 31.2 Å². The fourth-order valence-corrected chi connectivity index (χ4v) is 2.75. The van der Waals surface area contributed by atoms with Crippen LogP contribution >= 0.6 is 0 Å². The molecule has 0 amide bonds. The molecule has 1 aromatic carbocycles. The summed E-state index contributed by atoms with van der Waals surface area (Å²) in [6.07, 6.45) is -4.23. The first-order chi connectivity index (χ1) is 9.21. The van der Waals surface area contributed by atoms with Gasteiger partial charge >= 0.3 is 6.18 Å². The predicted molar refractivity (Wildman–Crippen MR) is 65.0 cm³/mol. The number of hydrogen-bond acceptors (Lipinski definition) is 1. The van der Waals surface area contributed by atoms with Gasteiger partial charge in [-0.05, 0) is 44.2 Å². The second-order valence-electron chi connectivity index (χ2n) is 5.56. The van der Waals surface area contributed by atoms with E-state index in [1.165, 1.54) is 6.07 Å². The molecule has 2 rings (SSSR count). The maximum Gasteiger partial charge on any atom is 0.391 e. The molecule has 0 spiro atoms. The van der Waals surface area contributed by atoms with Crippen molar-refractivity contribution in [2.75, 3.05) is 0 Å². The molecule has 1 saturated carbocycles. The van der Waals surface area contributed by atoms with Crippen molar-refractivity contribution in [2.45, 2.75) is 43.8 Å². The van der Waals surface area contributed by atoms with E-state index in [0.717, 1.165) is 12.1 Å². The van der Waals surface area contributed by atoms with Crippen LogP contribution < -0.4 is 5.73 Å². The van der Waals surface area contributed by atoms with Crippen LogP contribution in [-0.4, -0.2) is 11.7 Å². The number of nitrogens with two attached hydrogens (primary N) is 1. The van der Waals surface area contributed by atoms with Gasteiger partial charge in [0.15, 0.2) is 0 Å². The summed E-state index contributed by atoms with van der Waals surface area (Å²) in [7, 11) is 0.